The van der Waals surface area contributed by atoms with Gasteiger partial charge in [-0.2, -0.15) is 0 Å². The monoisotopic (exact) mass is 356 g/mol. The first-order valence-corrected chi connectivity index (χ1v) is 9.44. The SMILES string of the molecule is CCCCOc1ccc(-c2cn(C(=O)N(C)C3CCNCC3)cn2)cc1. The van der Waals surface area contributed by atoms with Crippen molar-refractivity contribution in [2.75, 3.05) is 26.7 Å². The number of nitrogens with one attached hydrogen (secondary N) is 1. The third-order valence-corrected chi connectivity index (χ3v) is 4.88. The molecule has 140 valence electrons. The summed E-state index contributed by atoms with van der Waals surface area (Å²) >= 11 is 0. The number of carbonyl (C=O) groups is 1. The van der Waals surface area contributed by atoms with Gasteiger partial charge >= 0.3 is 6.03 Å². The quantitative estimate of drug-likeness (QED) is 0.806. The van der Waals surface area contributed by atoms with E-state index < -0.39 is 0 Å². The van der Waals surface area contributed by atoms with Crippen LogP contribution in [0.4, 0.5) is 4.79 Å². The largest absolute Gasteiger partial charge is 0.494 e. The molecule has 2 heterocycles. The molecule has 0 saturated carbocycles. The van der Waals surface area contributed by atoms with Gasteiger partial charge in [0.25, 0.3) is 0 Å². The van der Waals surface area contributed by atoms with E-state index in [1.807, 2.05) is 36.2 Å². The number of amides is 1. The van der Waals surface area contributed by atoms with Crippen molar-refractivity contribution < 1.29 is 9.53 Å². The number of aromatic nitrogens is 2. The molecule has 2 aromatic rings. The highest BCUT2D eigenvalue weighted by Gasteiger charge is 2.23. The fourth-order valence-corrected chi connectivity index (χ4v) is 3.17. The first kappa shape index (κ1) is 18.5. The van der Waals surface area contributed by atoms with E-state index in [4.69, 9.17) is 4.74 Å². The highest BCUT2D eigenvalue weighted by atomic mass is 16.5. The molecule has 1 aromatic carbocycles. The molecule has 6 heteroatoms. The summed E-state index contributed by atoms with van der Waals surface area (Å²) in [6, 6.07) is 8.12. The van der Waals surface area contributed by atoms with Gasteiger partial charge in [-0.3, -0.25) is 4.57 Å². The van der Waals surface area contributed by atoms with Crippen LogP contribution in [0.1, 0.15) is 32.6 Å². The Morgan fingerprint density at radius 1 is 1.31 bits per heavy atom. The van der Waals surface area contributed by atoms with Crippen LogP contribution in [0.25, 0.3) is 11.3 Å². The zero-order valence-electron chi connectivity index (χ0n) is 15.6. The second-order valence-electron chi connectivity index (χ2n) is 6.77. The van der Waals surface area contributed by atoms with Crippen LogP contribution in [0.3, 0.4) is 0 Å². The van der Waals surface area contributed by atoms with E-state index >= 15 is 0 Å². The van der Waals surface area contributed by atoms with Crippen LogP contribution in [-0.2, 0) is 0 Å². The minimum atomic E-state index is -0.0323. The average Bonchev–Trinajstić information content (AvgIpc) is 3.18. The van der Waals surface area contributed by atoms with Gasteiger partial charge in [-0.15, -0.1) is 0 Å². The molecule has 0 radical (unpaired) electrons. The smallest absolute Gasteiger partial charge is 0.329 e. The molecule has 0 aliphatic carbocycles. The Morgan fingerprint density at radius 2 is 2.04 bits per heavy atom. The first-order valence-electron chi connectivity index (χ1n) is 9.44. The van der Waals surface area contributed by atoms with Gasteiger partial charge in [0.05, 0.1) is 12.3 Å². The lowest BCUT2D eigenvalue weighted by Crippen LogP contribution is -2.45. The van der Waals surface area contributed by atoms with E-state index in [1.54, 1.807) is 17.1 Å². The fraction of sp³-hybridized carbons (Fsp3) is 0.500. The van der Waals surface area contributed by atoms with E-state index in [-0.39, 0.29) is 12.1 Å². The van der Waals surface area contributed by atoms with Crippen molar-refractivity contribution in [1.82, 2.24) is 19.8 Å². The van der Waals surface area contributed by atoms with E-state index in [1.165, 1.54) is 0 Å². The van der Waals surface area contributed by atoms with Gasteiger partial charge in [-0.25, -0.2) is 9.78 Å². The zero-order valence-corrected chi connectivity index (χ0v) is 15.6. The molecule has 1 aromatic heterocycles. The molecule has 26 heavy (non-hydrogen) atoms. The predicted octanol–water partition coefficient (Wildman–Crippen LogP) is 3.38. The Balaban J connectivity index is 1.64. The highest BCUT2D eigenvalue weighted by Crippen LogP contribution is 2.21. The van der Waals surface area contributed by atoms with Crippen LogP contribution >= 0.6 is 0 Å². The molecular weight excluding hydrogens is 328 g/mol. The third-order valence-electron chi connectivity index (χ3n) is 4.88. The van der Waals surface area contributed by atoms with Crippen molar-refractivity contribution in [2.45, 2.75) is 38.6 Å². The Morgan fingerprint density at radius 3 is 2.73 bits per heavy atom. The normalized spacial score (nSPS) is 15.0. The van der Waals surface area contributed by atoms with E-state index in [0.29, 0.717) is 0 Å². The molecule has 0 unspecified atom stereocenters. The Bertz CT molecular complexity index is 705. The number of hydrogen-bond acceptors (Lipinski definition) is 4. The van der Waals surface area contributed by atoms with E-state index in [0.717, 1.165) is 62.4 Å². The van der Waals surface area contributed by atoms with Gasteiger partial charge in [0.1, 0.15) is 12.1 Å². The number of hydrogen-bond donors (Lipinski definition) is 1. The highest BCUT2D eigenvalue weighted by molar-refractivity contribution is 5.78. The summed E-state index contributed by atoms with van der Waals surface area (Å²) in [7, 11) is 1.88. The lowest BCUT2D eigenvalue weighted by atomic mass is 10.1. The van der Waals surface area contributed by atoms with Crippen molar-refractivity contribution in [2.24, 2.45) is 0 Å². The number of rotatable bonds is 6. The number of carbonyl (C=O) groups excluding carboxylic acids is 1. The topological polar surface area (TPSA) is 59.4 Å². The third kappa shape index (κ3) is 4.43. The minimum Gasteiger partial charge on any atom is -0.494 e. The summed E-state index contributed by atoms with van der Waals surface area (Å²) in [4.78, 5) is 18.9. The summed E-state index contributed by atoms with van der Waals surface area (Å²) in [5.74, 6) is 0.864. The lowest BCUT2D eigenvalue weighted by Gasteiger charge is -2.31. The molecular formula is C20H28N4O2. The molecule has 1 amide bonds. The lowest BCUT2D eigenvalue weighted by molar-refractivity contribution is 0.178. The van der Waals surface area contributed by atoms with Gasteiger partial charge in [-0.1, -0.05) is 13.3 Å². The Labute approximate surface area is 155 Å². The molecule has 1 N–H and O–H groups in total. The zero-order chi connectivity index (χ0) is 18.4. The summed E-state index contributed by atoms with van der Waals surface area (Å²) in [6.07, 6.45) is 7.55. The summed E-state index contributed by atoms with van der Waals surface area (Å²) < 4.78 is 7.26. The molecule has 1 aliphatic rings. The summed E-state index contributed by atoms with van der Waals surface area (Å²) in [5, 5.41) is 3.33. The number of unbranched alkanes of at least 4 members (excludes halogenated alkanes) is 1. The number of ether oxygens (including phenoxy) is 1. The maximum Gasteiger partial charge on any atom is 0.329 e. The van der Waals surface area contributed by atoms with Crippen LogP contribution in [0.2, 0.25) is 0 Å². The van der Waals surface area contributed by atoms with Crippen LogP contribution in [0.15, 0.2) is 36.8 Å². The van der Waals surface area contributed by atoms with Crippen molar-refractivity contribution in [3.63, 3.8) is 0 Å². The standard InChI is InChI=1S/C20H28N4O2/c1-3-4-13-26-18-7-5-16(6-8-18)19-14-24(15-22-19)20(25)23(2)17-9-11-21-12-10-17/h5-8,14-15,17,21H,3-4,9-13H2,1-2H3. The van der Waals surface area contributed by atoms with E-state index in [9.17, 15) is 4.79 Å². The molecule has 1 fully saturated rings. The number of nitrogens with zero attached hydrogens (tertiary/aromatic N) is 3. The molecule has 1 saturated heterocycles. The van der Waals surface area contributed by atoms with Crippen molar-refractivity contribution >= 4 is 6.03 Å². The van der Waals surface area contributed by atoms with Crippen LogP contribution < -0.4 is 10.1 Å². The maximum absolute atomic E-state index is 12.7. The first-order chi connectivity index (χ1) is 12.7. The number of imidazole rings is 1. The second kappa shape index (κ2) is 8.85. The van der Waals surface area contributed by atoms with Gasteiger partial charge in [-0.05, 0) is 56.6 Å². The fourth-order valence-electron chi connectivity index (χ4n) is 3.17. The molecule has 0 bridgehead atoms. The predicted molar refractivity (Wildman–Crippen MR) is 103 cm³/mol. The van der Waals surface area contributed by atoms with Gasteiger partial charge in [0, 0.05) is 24.8 Å². The van der Waals surface area contributed by atoms with Gasteiger partial charge < -0.3 is 15.0 Å². The maximum atomic E-state index is 12.7. The Hall–Kier alpha value is -2.34. The number of benzene rings is 1. The average molecular weight is 356 g/mol. The molecule has 1 aliphatic heterocycles. The van der Waals surface area contributed by atoms with Crippen molar-refractivity contribution in [3.8, 4) is 17.0 Å². The molecule has 0 atom stereocenters. The molecule has 3 rings (SSSR count). The minimum absolute atomic E-state index is 0.0323. The van der Waals surface area contributed by atoms with Crippen molar-refractivity contribution in [1.29, 1.82) is 0 Å². The van der Waals surface area contributed by atoms with E-state index in [2.05, 4.69) is 17.2 Å². The van der Waals surface area contributed by atoms with Gasteiger partial charge in [0.2, 0.25) is 0 Å². The Kier molecular flexibility index (Phi) is 6.28. The van der Waals surface area contributed by atoms with Crippen LogP contribution in [-0.4, -0.2) is 53.3 Å². The van der Waals surface area contributed by atoms with Gasteiger partial charge in [0.15, 0.2) is 0 Å². The number of piperidine rings is 1. The summed E-state index contributed by atoms with van der Waals surface area (Å²) in [6.45, 7) is 4.81. The summed E-state index contributed by atoms with van der Waals surface area (Å²) in [5.41, 5.74) is 1.76. The molecule has 0 spiro atoms. The van der Waals surface area contributed by atoms with Crippen LogP contribution in [0, 0.1) is 0 Å². The second-order valence-corrected chi connectivity index (χ2v) is 6.77. The van der Waals surface area contributed by atoms with Crippen LogP contribution in [0.5, 0.6) is 5.75 Å². The van der Waals surface area contributed by atoms with Crippen molar-refractivity contribution in [3.05, 3.63) is 36.8 Å². The molecule has 6 nitrogen and oxygen atoms in total.